The molecule has 1 nitrogen and oxygen atoms in total. The van der Waals surface area contributed by atoms with Crippen LogP contribution in [0.25, 0.3) is 0 Å². The summed E-state index contributed by atoms with van der Waals surface area (Å²) in [6, 6.07) is 29.9. The van der Waals surface area contributed by atoms with Gasteiger partial charge < -0.3 is 4.74 Å². The maximum absolute atomic E-state index is 6.27. The topological polar surface area (TPSA) is 9.23 Å². The number of hydrogen-bond acceptors (Lipinski definition) is 2. The smallest absolute Gasteiger partial charge is 0.119 e. The Hall–Kier alpha value is -2.45. The fourth-order valence-electron chi connectivity index (χ4n) is 5.11. The zero-order valence-corrected chi connectivity index (χ0v) is 25.0. The molecule has 1 radical (unpaired) electrons. The van der Waals surface area contributed by atoms with E-state index in [4.69, 9.17) is 4.74 Å². The van der Waals surface area contributed by atoms with Crippen LogP contribution in [0.2, 0.25) is 0 Å². The average Bonchev–Trinajstić information content (AvgIpc) is 2.98. The summed E-state index contributed by atoms with van der Waals surface area (Å²) in [4.78, 5) is 0. The Kier molecular flexibility index (Phi) is 15.6. The van der Waals surface area contributed by atoms with Gasteiger partial charge in [-0.05, 0) is 79.0 Å². The van der Waals surface area contributed by atoms with Crippen molar-refractivity contribution >= 4 is 12.6 Å². The molecule has 3 rings (SSSR count). The van der Waals surface area contributed by atoms with Gasteiger partial charge in [0.25, 0.3) is 0 Å². The minimum Gasteiger partial charge on any atom is -0.493 e. The lowest BCUT2D eigenvalue weighted by molar-refractivity contribution is 0.234. The van der Waals surface area contributed by atoms with Crippen molar-refractivity contribution in [1.29, 1.82) is 0 Å². The standard InChI is InChI=1S/C37H49OS/c1-2-3-4-5-6-7-8-9-10-11-12-15-20-32(29-30-39)31-38-36-27-25-35(26-28-36)37(33-21-16-13-17-22-33)34-23-18-14-19-24-34/h9-10,13-14,16-19,21-28,32,39H,2-8,11-12,15,20,29-31H2,1H3/b10-9-. The fraction of sp³-hybridized carbons (Fsp3) is 0.432. The molecule has 3 aromatic carbocycles. The number of unbranched alkanes of at least 4 members (excludes halogenated alkanes) is 8. The molecule has 0 fully saturated rings. The predicted octanol–water partition coefficient (Wildman–Crippen LogP) is 10.9. The summed E-state index contributed by atoms with van der Waals surface area (Å²) in [7, 11) is 0. The first-order chi connectivity index (χ1) is 19.3. The Bertz CT molecular complexity index is 973. The molecule has 0 bridgehead atoms. The maximum atomic E-state index is 6.27. The fourth-order valence-corrected chi connectivity index (χ4v) is 5.47. The van der Waals surface area contributed by atoms with E-state index in [0.29, 0.717) is 5.92 Å². The maximum Gasteiger partial charge on any atom is 0.119 e. The summed E-state index contributed by atoms with van der Waals surface area (Å²) in [5.41, 5.74) is 3.66. The van der Waals surface area contributed by atoms with Gasteiger partial charge in [-0.25, -0.2) is 0 Å². The summed E-state index contributed by atoms with van der Waals surface area (Å²) in [5.74, 6) is 3.67. The van der Waals surface area contributed by atoms with Gasteiger partial charge in [-0.1, -0.05) is 130 Å². The van der Waals surface area contributed by atoms with Gasteiger partial charge in [0.2, 0.25) is 0 Å². The second kappa shape index (κ2) is 19.6. The van der Waals surface area contributed by atoms with Crippen LogP contribution in [0.1, 0.15) is 101 Å². The summed E-state index contributed by atoms with van der Waals surface area (Å²) >= 11 is 4.51. The highest BCUT2D eigenvalue weighted by molar-refractivity contribution is 7.80. The van der Waals surface area contributed by atoms with E-state index in [0.717, 1.165) is 24.5 Å². The number of benzene rings is 3. The molecule has 0 aliphatic carbocycles. The third-order valence-electron chi connectivity index (χ3n) is 7.42. The molecule has 39 heavy (non-hydrogen) atoms. The van der Waals surface area contributed by atoms with Crippen LogP contribution < -0.4 is 4.74 Å². The van der Waals surface area contributed by atoms with Gasteiger partial charge in [-0.3, -0.25) is 0 Å². The van der Waals surface area contributed by atoms with Gasteiger partial charge in [0.05, 0.1) is 12.5 Å². The van der Waals surface area contributed by atoms with E-state index >= 15 is 0 Å². The van der Waals surface area contributed by atoms with Crippen molar-refractivity contribution in [3.63, 3.8) is 0 Å². The molecule has 0 heterocycles. The number of hydrogen-bond donors (Lipinski definition) is 1. The first kappa shape index (κ1) is 31.1. The van der Waals surface area contributed by atoms with Crippen molar-refractivity contribution in [2.24, 2.45) is 5.92 Å². The van der Waals surface area contributed by atoms with Crippen LogP contribution in [-0.2, 0) is 0 Å². The molecule has 0 spiro atoms. The minimum absolute atomic E-state index is 0.560. The monoisotopic (exact) mass is 541 g/mol. The molecule has 0 saturated carbocycles. The van der Waals surface area contributed by atoms with Crippen molar-refractivity contribution in [3.05, 3.63) is 120 Å². The molecular formula is C37H49OS. The first-order valence-electron chi connectivity index (χ1n) is 15.3. The highest BCUT2D eigenvalue weighted by Gasteiger charge is 2.17. The highest BCUT2D eigenvalue weighted by Crippen LogP contribution is 2.32. The number of rotatable bonds is 20. The normalized spacial score (nSPS) is 12.3. The second-order valence-electron chi connectivity index (χ2n) is 10.6. The van der Waals surface area contributed by atoms with E-state index in [9.17, 15) is 0 Å². The van der Waals surface area contributed by atoms with Crippen LogP contribution in [0, 0.1) is 11.8 Å². The molecule has 0 saturated heterocycles. The van der Waals surface area contributed by atoms with Crippen LogP contribution in [0.15, 0.2) is 97.1 Å². The lowest BCUT2D eigenvalue weighted by Gasteiger charge is -2.19. The molecule has 1 atom stereocenters. The molecule has 0 N–H and O–H groups in total. The number of ether oxygens (including phenoxy) is 1. The second-order valence-corrected chi connectivity index (χ2v) is 11.1. The highest BCUT2D eigenvalue weighted by atomic mass is 32.1. The van der Waals surface area contributed by atoms with Crippen LogP contribution in [0.3, 0.4) is 0 Å². The molecule has 209 valence electrons. The van der Waals surface area contributed by atoms with E-state index in [-0.39, 0.29) is 0 Å². The zero-order valence-electron chi connectivity index (χ0n) is 24.1. The summed E-state index contributed by atoms with van der Waals surface area (Å²) in [6.45, 7) is 3.05. The number of allylic oxidation sites excluding steroid dienone is 2. The third kappa shape index (κ3) is 12.1. The Balaban J connectivity index is 1.42. The van der Waals surface area contributed by atoms with Crippen LogP contribution in [0.4, 0.5) is 0 Å². The molecule has 3 aromatic rings. The largest absolute Gasteiger partial charge is 0.493 e. The minimum atomic E-state index is 0.560. The van der Waals surface area contributed by atoms with Gasteiger partial charge in [-0.2, -0.15) is 12.6 Å². The predicted molar refractivity (Wildman–Crippen MR) is 173 cm³/mol. The van der Waals surface area contributed by atoms with Crippen molar-refractivity contribution in [2.75, 3.05) is 12.4 Å². The lowest BCUT2D eigenvalue weighted by Crippen LogP contribution is -2.13. The zero-order chi connectivity index (χ0) is 27.4. The van der Waals surface area contributed by atoms with Crippen molar-refractivity contribution in [1.82, 2.24) is 0 Å². The molecule has 0 aromatic heterocycles. The summed E-state index contributed by atoms with van der Waals surface area (Å²) < 4.78 is 6.27. The molecule has 0 aliphatic rings. The average molecular weight is 542 g/mol. The van der Waals surface area contributed by atoms with Gasteiger partial charge in [0.15, 0.2) is 0 Å². The van der Waals surface area contributed by atoms with Gasteiger partial charge in [-0.15, -0.1) is 0 Å². The van der Waals surface area contributed by atoms with Crippen LogP contribution in [-0.4, -0.2) is 12.4 Å². The first-order valence-corrected chi connectivity index (χ1v) is 15.9. The Morgan fingerprint density at radius 3 is 1.77 bits per heavy atom. The third-order valence-corrected chi connectivity index (χ3v) is 7.67. The molecular weight excluding hydrogens is 492 g/mol. The summed E-state index contributed by atoms with van der Waals surface area (Å²) in [5, 5.41) is 0. The Morgan fingerprint density at radius 1 is 0.641 bits per heavy atom. The van der Waals surface area contributed by atoms with Crippen LogP contribution in [0.5, 0.6) is 5.75 Å². The van der Waals surface area contributed by atoms with E-state index < -0.39 is 0 Å². The Morgan fingerprint density at radius 2 is 1.18 bits per heavy atom. The summed E-state index contributed by atoms with van der Waals surface area (Å²) in [6.07, 6.45) is 20.4. The SMILES string of the molecule is CCCCCCCC/C=C\CCCCC(CCS)COc1ccc([C](c2ccccc2)c2ccccc2)cc1. The van der Waals surface area contributed by atoms with Crippen molar-refractivity contribution < 1.29 is 4.74 Å². The van der Waals surface area contributed by atoms with E-state index in [1.165, 1.54) is 93.2 Å². The Labute approximate surface area is 244 Å². The van der Waals surface area contributed by atoms with Crippen LogP contribution >= 0.6 is 12.6 Å². The molecule has 1 unspecified atom stereocenters. The van der Waals surface area contributed by atoms with Gasteiger partial charge in [0, 0.05) is 0 Å². The van der Waals surface area contributed by atoms with Gasteiger partial charge >= 0.3 is 0 Å². The van der Waals surface area contributed by atoms with E-state index in [1.54, 1.807) is 0 Å². The van der Waals surface area contributed by atoms with Gasteiger partial charge in [0.1, 0.15) is 5.75 Å². The quantitative estimate of drug-likeness (QED) is 0.0647. The lowest BCUT2D eigenvalue weighted by atomic mass is 9.85. The van der Waals surface area contributed by atoms with E-state index in [2.05, 4.69) is 117 Å². The number of thiol groups is 1. The van der Waals surface area contributed by atoms with Crippen molar-refractivity contribution in [3.8, 4) is 5.75 Å². The van der Waals surface area contributed by atoms with E-state index in [1.807, 2.05) is 0 Å². The molecule has 0 amide bonds. The molecule has 2 heteroatoms. The van der Waals surface area contributed by atoms with Crippen molar-refractivity contribution in [2.45, 2.75) is 84.0 Å². The molecule has 0 aliphatic heterocycles.